The zero-order valence-electron chi connectivity index (χ0n) is 33.5. The van der Waals surface area contributed by atoms with Crippen LogP contribution >= 0.6 is 0 Å². The Morgan fingerprint density at radius 1 is 0.566 bits per heavy atom. The van der Waals surface area contributed by atoms with Gasteiger partial charge >= 0.3 is 11.9 Å². The van der Waals surface area contributed by atoms with Gasteiger partial charge < -0.3 is 39.4 Å². The number of hydrogen-bond donors (Lipinski definition) is 4. The number of carbonyl (C=O) groups excluding carboxylic acids is 2. The minimum Gasteiger partial charge on any atom is -0.462 e. The van der Waals surface area contributed by atoms with Gasteiger partial charge in [0.1, 0.15) is 31.0 Å². The summed E-state index contributed by atoms with van der Waals surface area (Å²) in [5.74, 6) is -0.824. The molecule has 0 bridgehead atoms. The van der Waals surface area contributed by atoms with Gasteiger partial charge in [0.2, 0.25) is 0 Å². The molecule has 10 nitrogen and oxygen atoms in total. The molecular formula is C43H78O10. The van der Waals surface area contributed by atoms with Crippen molar-refractivity contribution < 1.29 is 49.0 Å². The lowest BCUT2D eigenvalue weighted by Crippen LogP contribution is -2.59. The SMILES string of the molecule is CCCCCC/C=C/CCCCCCCC(=O)O[C@@H](COC(=O)CCCCCCC/C=C/CCCCCCCC)CO[C@H]1O[C@@H](CO)[C@@H](O)C(O)C1O. The maximum Gasteiger partial charge on any atom is 0.306 e. The maximum atomic E-state index is 12.7. The van der Waals surface area contributed by atoms with E-state index in [1.54, 1.807) is 0 Å². The first-order valence-corrected chi connectivity index (χ1v) is 21.4. The fraction of sp³-hybridized carbons (Fsp3) is 0.860. The van der Waals surface area contributed by atoms with Crippen LogP contribution in [-0.2, 0) is 28.5 Å². The first-order valence-electron chi connectivity index (χ1n) is 21.4. The van der Waals surface area contributed by atoms with E-state index in [1.165, 1.54) is 70.6 Å². The van der Waals surface area contributed by atoms with Crippen LogP contribution in [0.4, 0.5) is 0 Å². The Morgan fingerprint density at radius 2 is 1.00 bits per heavy atom. The zero-order chi connectivity index (χ0) is 38.8. The summed E-state index contributed by atoms with van der Waals surface area (Å²) in [5, 5.41) is 40.0. The number of hydrogen-bond acceptors (Lipinski definition) is 10. The first-order chi connectivity index (χ1) is 25.8. The highest BCUT2D eigenvalue weighted by Crippen LogP contribution is 2.22. The Hall–Kier alpha value is -1.82. The highest BCUT2D eigenvalue weighted by molar-refractivity contribution is 5.70. The van der Waals surface area contributed by atoms with Crippen molar-refractivity contribution in [1.29, 1.82) is 0 Å². The Balaban J connectivity index is 2.36. The summed E-state index contributed by atoms with van der Waals surface area (Å²) >= 11 is 0. The summed E-state index contributed by atoms with van der Waals surface area (Å²) in [4.78, 5) is 25.2. The van der Waals surface area contributed by atoms with Crippen LogP contribution in [0.15, 0.2) is 24.3 Å². The third-order valence-corrected chi connectivity index (χ3v) is 9.81. The van der Waals surface area contributed by atoms with Crippen LogP contribution in [0, 0.1) is 0 Å². The van der Waals surface area contributed by atoms with Crippen molar-refractivity contribution in [2.45, 2.75) is 218 Å². The quantitative estimate of drug-likeness (QED) is 0.0281. The van der Waals surface area contributed by atoms with E-state index >= 15 is 0 Å². The molecule has 1 saturated heterocycles. The summed E-state index contributed by atoms with van der Waals surface area (Å²) in [7, 11) is 0. The van der Waals surface area contributed by atoms with E-state index in [4.69, 9.17) is 18.9 Å². The Bertz CT molecular complexity index is 923. The van der Waals surface area contributed by atoms with Gasteiger partial charge in [-0.2, -0.15) is 0 Å². The molecule has 4 N–H and O–H groups in total. The van der Waals surface area contributed by atoms with Crippen molar-refractivity contribution in [1.82, 2.24) is 0 Å². The van der Waals surface area contributed by atoms with Crippen molar-refractivity contribution in [2.75, 3.05) is 19.8 Å². The van der Waals surface area contributed by atoms with Crippen LogP contribution < -0.4 is 0 Å². The fourth-order valence-electron chi connectivity index (χ4n) is 6.35. The molecule has 0 aromatic rings. The molecule has 1 aliphatic rings. The third-order valence-electron chi connectivity index (χ3n) is 9.81. The van der Waals surface area contributed by atoms with E-state index in [0.29, 0.717) is 12.8 Å². The average molecular weight is 755 g/mol. The van der Waals surface area contributed by atoms with Gasteiger partial charge in [-0.15, -0.1) is 0 Å². The second kappa shape index (κ2) is 34.7. The molecule has 2 unspecified atom stereocenters. The van der Waals surface area contributed by atoms with Gasteiger partial charge in [0.15, 0.2) is 12.4 Å². The average Bonchev–Trinajstić information content (AvgIpc) is 3.15. The zero-order valence-corrected chi connectivity index (χ0v) is 33.5. The third kappa shape index (κ3) is 26.6. The van der Waals surface area contributed by atoms with E-state index in [2.05, 4.69) is 38.2 Å². The van der Waals surface area contributed by atoms with Crippen LogP contribution in [0.1, 0.15) is 181 Å². The Labute approximate surface area is 322 Å². The normalized spacial score (nSPS) is 21.1. The van der Waals surface area contributed by atoms with Crippen LogP contribution in [-0.4, -0.2) is 89.0 Å². The minimum atomic E-state index is -1.59. The molecule has 6 atom stereocenters. The lowest BCUT2D eigenvalue weighted by atomic mass is 9.99. The number of aliphatic hydroxyl groups excluding tert-OH is 4. The van der Waals surface area contributed by atoms with Gasteiger partial charge in [-0.3, -0.25) is 9.59 Å². The number of ether oxygens (including phenoxy) is 4. The predicted molar refractivity (Wildman–Crippen MR) is 210 cm³/mol. The van der Waals surface area contributed by atoms with Gasteiger partial charge in [-0.05, 0) is 64.2 Å². The van der Waals surface area contributed by atoms with Gasteiger partial charge in [0.25, 0.3) is 0 Å². The number of unbranched alkanes of at least 4 members (excludes halogenated alkanes) is 20. The Morgan fingerprint density at radius 3 is 1.49 bits per heavy atom. The van der Waals surface area contributed by atoms with E-state index in [-0.39, 0.29) is 32.0 Å². The summed E-state index contributed by atoms with van der Waals surface area (Å²) in [6.45, 7) is 3.38. The monoisotopic (exact) mass is 755 g/mol. The standard InChI is InChI=1S/C43H78O10/c1-3-5-7-9-11-13-15-17-18-20-21-23-25-27-29-31-38(45)50-34-36(35-51-43-42(49)41(48)40(47)37(33-44)53-43)52-39(46)32-30-28-26-24-22-19-16-14-12-10-8-6-4-2/h14,16-18,36-37,40-44,47-49H,3-13,15,19-35H2,1-2H3/b16-14+,18-17+/t36-,37-,40+,41?,42?,43-/m0/s1. The van der Waals surface area contributed by atoms with Crippen molar-refractivity contribution in [3.63, 3.8) is 0 Å². The molecule has 0 spiro atoms. The molecule has 1 heterocycles. The van der Waals surface area contributed by atoms with Crippen molar-refractivity contribution in [3.8, 4) is 0 Å². The van der Waals surface area contributed by atoms with E-state index in [0.717, 1.165) is 70.6 Å². The lowest BCUT2D eigenvalue weighted by molar-refractivity contribution is -0.305. The van der Waals surface area contributed by atoms with Crippen LogP contribution in [0.2, 0.25) is 0 Å². The summed E-state index contributed by atoms with van der Waals surface area (Å²) in [6.07, 6.45) is 29.0. The molecule has 0 aromatic carbocycles. The summed E-state index contributed by atoms with van der Waals surface area (Å²) in [6, 6.07) is 0. The molecule has 0 aliphatic carbocycles. The van der Waals surface area contributed by atoms with Gasteiger partial charge in [0.05, 0.1) is 13.2 Å². The molecule has 0 radical (unpaired) electrons. The van der Waals surface area contributed by atoms with Crippen LogP contribution in [0.5, 0.6) is 0 Å². The van der Waals surface area contributed by atoms with E-state index in [1.807, 2.05) is 0 Å². The molecule has 53 heavy (non-hydrogen) atoms. The van der Waals surface area contributed by atoms with Gasteiger partial charge in [0, 0.05) is 12.8 Å². The van der Waals surface area contributed by atoms with E-state index in [9.17, 15) is 30.0 Å². The second-order valence-corrected chi connectivity index (χ2v) is 14.8. The largest absolute Gasteiger partial charge is 0.462 e. The molecule has 0 aromatic heterocycles. The summed E-state index contributed by atoms with van der Waals surface area (Å²) in [5.41, 5.74) is 0. The second-order valence-electron chi connectivity index (χ2n) is 14.8. The molecule has 310 valence electrons. The molecule has 10 heteroatoms. The minimum absolute atomic E-state index is 0.219. The van der Waals surface area contributed by atoms with Crippen LogP contribution in [0.3, 0.4) is 0 Å². The molecule has 0 saturated carbocycles. The smallest absolute Gasteiger partial charge is 0.306 e. The van der Waals surface area contributed by atoms with E-state index < -0.39 is 49.4 Å². The molecule has 1 fully saturated rings. The summed E-state index contributed by atoms with van der Waals surface area (Å²) < 4.78 is 22.1. The molecule has 0 amide bonds. The van der Waals surface area contributed by atoms with Gasteiger partial charge in [-0.25, -0.2) is 0 Å². The number of esters is 2. The number of carbonyl (C=O) groups is 2. The maximum absolute atomic E-state index is 12.7. The molecule has 1 aliphatic heterocycles. The molecular weight excluding hydrogens is 676 g/mol. The topological polar surface area (TPSA) is 152 Å². The predicted octanol–water partition coefficient (Wildman–Crippen LogP) is 8.55. The fourth-order valence-corrected chi connectivity index (χ4v) is 6.35. The van der Waals surface area contributed by atoms with Crippen molar-refractivity contribution in [3.05, 3.63) is 24.3 Å². The highest BCUT2D eigenvalue weighted by atomic mass is 16.7. The number of rotatable bonds is 35. The number of allylic oxidation sites excluding steroid dienone is 4. The van der Waals surface area contributed by atoms with Crippen molar-refractivity contribution >= 4 is 11.9 Å². The Kier molecular flexibility index (Phi) is 32.2. The number of aliphatic hydroxyl groups is 4. The van der Waals surface area contributed by atoms with Gasteiger partial charge in [-0.1, -0.05) is 128 Å². The van der Waals surface area contributed by atoms with Crippen molar-refractivity contribution in [2.24, 2.45) is 0 Å². The van der Waals surface area contributed by atoms with Crippen LogP contribution in [0.25, 0.3) is 0 Å². The highest BCUT2D eigenvalue weighted by Gasteiger charge is 2.44. The molecule has 1 rings (SSSR count). The first kappa shape index (κ1) is 49.2. The lowest BCUT2D eigenvalue weighted by Gasteiger charge is -2.39.